The standard InChI is InChI=1S/C18H19F3N2O2/c1-12(25-2)9-23(11-24)10-13-5-15(8-22-7-13)14-3-4-17(19)16(6-14)18(20)21/h3-8,11-12,18H,9-10H2,1-2H3. The highest BCUT2D eigenvalue weighted by Crippen LogP contribution is 2.28. The first-order valence-corrected chi connectivity index (χ1v) is 7.68. The number of ether oxygens (including phenoxy) is 1. The third-order valence-electron chi connectivity index (χ3n) is 3.79. The molecule has 4 nitrogen and oxygen atoms in total. The van der Waals surface area contributed by atoms with Gasteiger partial charge in [-0.2, -0.15) is 0 Å². The third kappa shape index (κ3) is 5.03. The van der Waals surface area contributed by atoms with E-state index in [1.807, 2.05) is 6.92 Å². The number of methoxy groups -OCH3 is 1. The quantitative estimate of drug-likeness (QED) is 0.679. The van der Waals surface area contributed by atoms with Crippen molar-refractivity contribution in [2.24, 2.45) is 0 Å². The van der Waals surface area contributed by atoms with Crippen LogP contribution in [-0.4, -0.2) is 36.1 Å². The van der Waals surface area contributed by atoms with Crippen LogP contribution in [-0.2, 0) is 16.1 Å². The van der Waals surface area contributed by atoms with Gasteiger partial charge in [-0.25, -0.2) is 13.2 Å². The Morgan fingerprint density at radius 3 is 2.64 bits per heavy atom. The molecule has 134 valence electrons. The molecule has 1 unspecified atom stereocenters. The number of hydrogen-bond acceptors (Lipinski definition) is 3. The maximum atomic E-state index is 13.4. The molecule has 2 aromatic rings. The molecule has 0 aliphatic rings. The largest absolute Gasteiger partial charge is 0.380 e. The maximum Gasteiger partial charge on any atom is 0.266 e. The lowest BCUT2D eigenvalue weighted by Gasteiger charge is -2.21. The normalized spacial score (nSPS) is 12.2. The fourth-order valence-corrected chi connectivity index (χ4v) is 2.41. The molecular weight excluding hydrogens is 333 g/mol. The van der Waals surface area contributed by atoms with Crippen LogP contribution in [0.5, 0.6) is 0 Å². The van der Waals surface area contributed by atoms with Crippen molar-refractivity contribution in [2.45, 2.75) is 26.0 Å². The second-order valence-electron chi connectivity index (χ2n) is 5.70. The Kier molecular flexibility index (Phi) is 6.52. The second-order valence-corrected chi connectivity index (χ2v) is 5.70. The molecule has 2 rings (SSSR count). The molecule has 1 aromatic heterocycles. The molecule has 7 heteroatoms. The molecule has 1 atom stereocenters. The molecule has 0 fully saturated rings. The van der Waals surface area contributed by atoms with Gasteiger partial charge in [-0.3, -0.25) is 9.78 Å². The minimum Gasteiger partial charge on any atom is -0.380 e. The number of rotatable bonds is 8. The van der Waals surface area contributed by atoms with E-state index >= 15 is 0 Å². The highest BCUT2D eigenvalue weighted by molar-refractivity contribution is 5.64. The van der Waals surface area contributed by atoms with E-state index in [1.54, 1.807) is 19.4 Å². The van der Waals surface area contributed by atoms with Crippen molar-refractivity contribution in [1.29, 1.82) is 0 Å². The zero-order chi connectivity index (χ0) is 18.4. The van der Waals surface area contributed by atoms with Gasteiger partial charge >= 0.3 is 0 Å². The van der Waals surface area contributed by atoms with Crippen molar-refractivity contribution in [3.63, 3.8) is 0 Å². The molecule has 0 spiro atoms. The van der Waals surface area contributed by atoms with Gasteiger partial charge in [0.1, 0.15) is 5.82 Å². The first kappa shape index (κ1) is 18.9. The number of alkyl halides is 2. The van der Waals surface area contributed by atoms with E-state index in [4.69, 9.17) is 4.74 Å². The van der Waals surface area contributed by atoms with Gasteiger partial charge in [0.2, 0.25) is 6.41 Å². The molecule has 1 heterocycles. The lowest BCUT2D eigenvalue weighted by atomic mass is 10.0. The van der Waals surface area contributed by atoms with Gasteiger partial charge in [-0.15, -0.1) is 0 Å². The number of benzene rings is 1. The number of amides is 1. The van der Waals surface area contributed by atoms with Crippen molar-refractivity contribution in [1.82, 2.24) is 9.88 Å². The van der Waals surface area contributed by atoms with Crippen LogP contribution in [0, 0.1) is 5.82 Å². The Labute approximate surface area is 144 Å². The number of carbonyl (C=O) groups excluding carboxylic acids is 1. The molecule has 0 saturated carbocycles. The second kappa shape index (κ2) is 8.62. The minimum atomic E-state index is -2.89. The van der Waals surface area contributed by atoms with Gasteiger partial charge < -0.3 is 9.64 Å². The fourth-order valence-electron chi connectivity index (χ4n) is 2.41. The van der Waals surface area contributed by atoms with Crippen LogP contribution in [0.25, 0.3) is 11.1 Å². The topological polar surface area (TPSA) is 42.4 Å². The van der Waals surface area contributed by atoms with Crippen LogP contribution in [0.2, 0.25) is 0 Å². The van der Waals surface area contributed by atoms with E-state index in [-0.39, 0.29) is 6.10 Å². The van der Waals surface area contributed by atoms with Gasteiger partial charge in [0.05, 0.1) is 11.7 Å². The molecule has 1 amide bonds. The number of halogens is 3. The summed E-state index contributed by atoms with van der Waals surface area (Å²) in [4.78, 5) is 16.8. The molecule has 1 aromatic carbocycles. The molecule has 0 aliphatic carbocycles. The first-order valence-electron chi connectivity index (χ1n) is 7.68. The fraction of sp³-hybridized carbons (Fsp3) is 0.333. The molecular formula is C18H19F3N2O2. The minimum absolute atomic E-state index is 0.118. The molecule has 25 heavy (non-hydrogen) atoms. The summed E-state index contributed by atoms with van der Waals surface area (Å²) in [5.74, 6) is -0.941. The Hall–Kier alpha value is -2.41. The summed E-state index contributed by atoms with van der Waals surface area (Å²) in [6, 6.07) is 5.29. The summed E-state index contributed by atoms with van der Waals surface area (Å²) in [6.07, 6.45) is 0.808. The summed E-state index contributed by atoms with van der Waals surface area (Å²) in [5, 5.41) is 0. The van der Waals surface area contributed by atoms with E-state index in [9.17, 15) is 18.0 Å². The van der Waals surface area contributed by atoms with E-state index in [2.05, 4.69) is 4.98 Å². The van der Waals surface area contributed by atoms with Gasteiger partial charge in [-0.1, -0.05) is 6.07 Å². The molecule has 0 saturated heterocycles. The van der Waals surface area contributed by atoms with Crippen molar-refractivity contribution in [3.05, 3.63) is 53.6 Å². The Bertz CT molecular complexity index is 725. The lowest BCUT2D eigenvalue weighted by molar-refractivity contribution is -0.120. The smallest absolute Gasteiger partial charge is 0.266 e. The molecule has 0 bridgehead atoms. The van der Waals surface area contributed by atoms with Crippen LogP contribution >= 0.6 is 0 Å². The maximum absolute atomic E-state index is 13.4. The number of aromatic nitrogens is 1. The summed E-state index contributed by atoms with van der Waals surface area (Å²) < 4.78 is 44.3. The first-order chi connectivity index (χ1) is 11.9. The van der Waals surface area contributed by atoms with E-state index in [1.165, 1.54) is 17.2 Å². The average molecular weight is 352 g/mol. The Morgan fingerprint density at radius 1 is 1.24 bits per heavy atom. The van der Waals surface area contributed by atoms with Crippen molar-refractivity contribution in [2.75, 3.05) is 13.7 Å². The summed E-state index contributed by atoms with van der Waals surface area (Å²) in [5.41, 5.74) is 1.10. The SMILES string of the molecule is COC(C)CN(C=O)Cc1cncc(-c2ccc(F)c(C(F)F)c2)c1. The molecule has 0 aliphatic heterocycles. The molecule has 0 radical (unpaired) electrons. The van der Waals surface area contributed by atoms with Gasteiger partial charge in [-0.05, 0) is 36.2 Å². The van der Waals surface area contributed by atoms with Gasteiger partial charge in [0.15, 0.2) is 0 Å². The number of nitrogens with zero attached hydrogens (tertiary/aromatic N) is 2. The highest BCUT2D eigenvalue weighted by Gasteiger charge is 2.15. The van der Waals surface area contributed by atoms with Gasteiger partial charge in [0.25, 0.3) is 6.43 Å². The Balaban J connectivity index is 2.24. The summed E-state index contributed by atoms with van der Waals surface area (Å²) in [7, 11) is 1.56. The van der Waals surface area contributed by atoms with Crippen LogP contribution in [0.3, 0.4) is 0 Å². The van der Waals surface area contributed by atoms with E-state index in [0.717, 1.165) is 24.1 Å². The van der Waals surface area contributed by atoms with E-state index in [0.29, 0.717) is 24.2 Å². The Morgan fingerprint density at radius 2 is 2.00 bits per heavy atom. The van der Waals surface area contributed by atoms with E-state index < -0.39 is 17.8 Å². The van der Waals surface area contributed by atoms with Crippen LogP contribution in [0.4, 0.5) is 13.2 Å². The third-order valence-corrected chi connectivity index (χ3v) is 3.79. The van der Waals surface area contributed by atoms with Crippen molar-refractivity contribution >= 4 is 6.41 Å². The number of carbonyl (C=O) groups is 1. The monoisotopic (exact) mass is 352 g/mol. The van der Waals surface area contributed by atoms with Crippen molar-refractivity contribution < 1.29 is 22.7 Å². The predicted octanol–water partition coefficient (Wildman–Crippen LogP) is 3.82. The average Bonchev–Trinajstić information content (AvgIpc) is 2.61. The lowest BCUT2D eigenvalue weighted by Crippen LogP contribution is -2.30. The zero-order valence-corrected chi connectivity index (χ0v) is 14.0. The summed E-state index contributed by atoms with van der Waals surface area (Å²) in [6.45, 7) is 2.56. The highest BCUT2D eigenvalue weighted by atomic mass is 19.3. The predicted molar refractivity (Wildman–Crippen MR) is 87.5 cm³/mol. The summed E-state index contributed by atoms with van der Waals surface area (Å²) >= 11 is 0. The number of hydrogen-bond donors (Lipinski definition) is 0. The van der Waals surface area contributed by atoms with Crippen LogP contribution < -0.4 is 0 Å². The zero-order valence-electron chi connectivity index (χ0n) is 14.0. The van der Waals surface area contributed by atoms with Crippen LogP contribution in [0.15, 0.2) is 36.7 Å². The van der Waals surface area contributed by atoms with Crippen LogP contribution in [0.1, 0.15) is 24.5 Å². The number of pyridine rings is 1. The molecule has 0 N–H and O–H groups in total. The van der Waals surface area contributed by atoms with Gasteiger partial charge in [0, 0.05) is 38.2 Å². The van der Waals surface area contributed by atoms with Crippen molar-refractivity contribution in [3.8, 4) is 11.1 Å².